The lowest BCUT2D eigenvalue weighted by molar-refractivity contribution is -0.133. The molecule has 1 aliphatic rings. The molecule has 0 amide bonds. The van der Waals surface area contributed by atoms with Crippen LogP contribution in [0.2, 0.25) is 0 Å². The molecule has 1 aromatic heterocycles. The number of aromatic nitrogens is 3. The van der Waals surface area contributed by atoms with Gasteiger partial charge in [0.25, 0.3) is 0 Å². The van der Waals surface area contributed by atoms with Gasteiger partial charge in [0.15, 0.2) is 5.16 Å². The van der Waals surface area contributed by atoms with E-state index in [1.165, 1.54) is 12.8 Å². The average Bonchev–Trinajstić information content (AvgIpc) is 3.14. The Morgan fingerprint density at radius 3 is 2.89 bits per heavy atom. The second-order valence-electron chi connectivity index (χ2n) is 4.53. The summed E-state index contributed by atoms with van der Waals surface area (Å²) in [5, 5.41) is 17.0. The average molecular weight is 285 g/mol. The monoisotopic (exact) mass is 285 g/mol. The van der Waals surface area contributed by atoms with Gasteiger partial charge in [0.2, 0.25) is 5.95 Å². The molecule has 0 unspecified atom stereocenters. The van der Waals surface area contributed by atoms with Gasteiger partial charge in [-0.2, -0.15) is 0 Å². The number of aliphatic carboxylic acids is 1. The Morgan fingerprint density at radius 1 is 1.58 bits per heavy atom. The van der Waals surface area contributed by atoms with Crippen LogP contribution in [0.25, 0.3) is 0 Å². The topological polar surface area (TPSA) is 97.3 Å². The smallest absolute Gasteiger partial charge is 0.313 e. The first kappa shape index (κ1) is 14.1. The summed E-state index contributed by atoms with van der Waals surface area (Å²) in [7, 11) is 0. The first-order valence-electron chi connectivity index (χ1n) is 6.39. The third kappa shape index (κ3) is 3.84. The van der Waals surface area contributed by atoms with E-state index in [0.29, 0.717) is 23.7 Å². The van der Waals surface area contributed by atoms with Gasteiger partial charge in [-0.05, 0) is 19.4 Å². The second-order valence-corrected chi connectivity index (χ2v) is 5.48. The van der Waals surface area contributed by atoms with Gasteiger partial charge >= 0.3 is 5.97 Å². The fourth-order valence-corrected chi connectivity index (χ4v) is 2.70. The van der Waals surface area contributed by atoms with Crippen LogP contribution in [0.4, 0.5) is 5.95 Å². The number of anilines is 1. The summed E-state index contributed by atoms with van der Waals surface area (Å²) in [6, 6.07) is 0.706. The highest BCUT2D eigenvalue weighted by Gasteiger charge is 2.27. The lowest BCUT2D eigenvalue weighted by Crippen LogP contribution is -2.29. The summed E-state index contributed by atoms with van der Waals surface area (Å²) in [5.41, 5.74) is 5.78. The Morgan fingerprint density at radius 2 is 2.32 bits per heavy atom. The molecule has 0 bridgehead atoms. The molecule has 0 aliphatic heterocycles. The number of hydrogen-bond donors (Lipinski definition) is 2. The van der Waals surface area contributed by atoms with Gasteiger partial charge < -0.3 is 10.8 Å². The molecule has 19 heavy (non-hydrogen) atoms. The molecule has 0 atom stereocenters. The van der Waals surface area contributed by atoms with Gasteiger partial charge in [0.05, 0.1) is 5.75 Å². The predicted octanol–water partition coefficient (Wildman–Crippen LogP) is 0.521. The van der Waals surface area contributed by atoms with Crippen molar-refractivity contribution in [3.8, 4) is 0 Å². The van der Waals surface area contributed by atoms with Crippen molar-refractivity contribution in [3.63, 3.8) is 0 Å². The summed E-state index contributed by atoms with van der Waals surface area (Å²) in [5.74, 6) is -0.552. The molecule has 0 radical (unpaired) electrons. The van der Waals surface area contributed by atoms with E-state index in [-0.39, 0.29) is 5.75 Å². The highest BCUT2D eigenvalue weighted by Crippen LogP contribution is 2.26. The standard InChI is InChI=1S/C11H19N5O2S/c1-2-15(8-3-4-8)5-6-16-10(12)13-14-11(16)19-7-9(17)18/h8H,2-7H2,1H3,(H2,12,13)(H,17,18). The van der Waals surface area contributed by atoms with Crippen LogP contribution in [0.3, 0.4) is 0 Å². The summed E-state index contributed by atoms with van der Waals surface area (Å²) >= 11 is 1.15. The van der Waals surface area contributed by atoms with Gasteiger partial charge in [0.1, 0.15) is 0 Å². The van der Waals surface area contributed by atoms with E-state index in [1.54, 1.807) is 4.57 Å². The Hall–Kier alpha value is -1.28. The molecule has 1 aliphatic carbocycles. The number of likely N-dealkylation sites (N-methyl/N-ethyl adjacent to an activating group) is 1. The highest BCUT2D eigenvalue weighted by atomic mass is 32.2. The molecule has 2 rings (SSSR count). The molecule has 0 spiro atoms. The van der Waals surface area contributed by atoms with E-state index >= 15 is 0 Å². The maximum atomic E-state index is 10.6. The number of nitrogens with two attached hydrogens (primary N) is 1. The summed E-state index contributed by atoms with van der Waals surface area (Å²) in [6.45, 7) is 4.76. The summed E-state index contributed by atoms with van der Waals surface area (Å²) < 4.78 is 1.79. The molecule has 1 heterocycles. The predicted molar refractivity (Wildman–Crippen MR) is 73.1 cm³/mol. The van der Waals surface area contributed by atoms with Crippen LogP contribution in [0.5, 0.6) is 0 Å². The van der Waals surface area contributed by atoms with Crippen molar-refractivity contribution >= 4 is 23.7 Å². The number of rotatable bonds is 8. The Balaban J connectivity index is 1.94. The number of hydrogen-bond acceptors (Lipinski definition) is 6. The van der Waals surface area contributed by atoms with E-state index in [2.05, 4.69) is 22.0 Å². The molecule has 1 fully saturated rings. The molecule has 7 nitrogen and oxygen atoms in total. The minimum atomic E-state index is -0.869. The van der Waals surface area contributed by atoms with Crippen LogP contribution < -0.4 is 5.73 Å². The van der Waals surface area contributed by atoms with Crippen molar-refractivity contribution in [2.75, 3.05) is 24.6 Å². The fourth-order valence-electron chi connectivity index (χ4n) is 2.01. The largest absolute Gasteiger partial charge is 0.481 e. The Labute approximate surface area is 116 Å². The van der Waals surface area contributed by atoms with E-state index in [0.717, 1.165) is 24.9 Å². The first-order chi connectivity index (χ1) is 9.11. The molecule has 1 saturated carbocycles. The van der Waals surface area contributed by atoms with E-state index in [1.807, 2.05) is 0 Å². The lowest BCUT2D eigenvalue weighted by atomic mass is 10.4. The molecule has 0 saturated heterocycles. The first-order valence-corrected chi connectivity index (χ1v) is 7.37. The molecule has 8 heteroatoms. The zero-order valence-electron chi connectivity index (χ0n) is 10.9. The van der Waals surface area contributed by atoms with Crippen molar-refractivity contribution in [1.29, 1.82) is 0 Å². The van der Waals surface area contributed by atoms with Crippen molar-refractivity contribution in [3.05, 3.63) is 0 Å². The Kier molecular flexibility index (Phi) is 4.65. The second kappa shape index (κ2) is 6.25. The molecule has 3 N–H and O–H groups in total. The quantitative estimate of drug-likeness (QED) is 0.672. The van der Waals surface area contributed by atoms with Crippen molar-refractivity contribution < 1.29 is 9.90 Å². The SMILES string of the molecule is CCN(CCn1c(N)nnc1SCC(=O)O)C1CC1. The number of carbonyl (C=O) groups is 1. The molecule has 1 aromatic rings. The molecule has 106 valence electrons. The maximum Gasteiger partial charge on any atom is 0.313 e. The van der Waals surface area contributed by atoms with Crippen LogP contribution >= 0.6 is 11.8 Å². The third-order valence-corrected chi connectivity index (χ3v) is 4.10. The lowest BCUT2D eigenvalue weighted by Gasteiger charge is -2.20. The zero-order chi connectivity index (χ0) is 13.8. The highest BCUT2D eigenvalue weighted by molar-refractivity contribution is 7.99. The van der Waals surface area contributed by atoms with Crippen LogP contribution in [0, 0.1) is 0 Å². The van der Waals surface area contributed by atoms with Crippen LogP contribution in [-0.2, 0) is 11.3 Å². The van der Waals surface area contributed by atoms with Crippen molar-refractivity contribution in [2.24, 2.45) is 0 Å². The summed E-state index contributed by atoms with van der Waals surface area (Å²) in [4.78, 5) is 13.0. The summed E-state index contributed by atoms with van der Waals surface area (Å²) in [6.07, 6.45) is 2.54. The van der Waals surface area contributed by atoms with Gasteiger partial charge in [-0.3, -0.25) is 14.3 Å². The zero-order valence-corrected chi connectivity index (χ0v) is 11.8. The normalized spacial score (nSPS) is 15.1. The number of carboxylic acid groups (broad SMARTS) is 1. The maximum absolute atomic E-state index is 10.6. The van der Waals surface area contributed by atoms with Gasteiger partial charge in [-0.25, -0.2) is 0 Å². The van der Waals surface area contributed by atoms with Crippen LogP contribution in [-0.4, -0.2) is 55.6 Å². The van der Waals surface area contributed by atoms with Crippen molar-refractivity contribution in [1.82, 2.24) is 19.7 Å². The van der Waals surface area contributed by atoms with Gasteiger partial charge in [0, 0.05) is 19.1 Å². The van der Waals surface area contributed by atoms with Gasteiger partial charge in [-0.15, -0.1) is 10.2 Å². The number of thioether (sulfide) groups is 1. The van der Waals surface area contributed by atoms with E-state index in [9.17, 15) is 4.79 Å². The van der Waals surface area contributed by atoms with Gasteiger partial charge in [-0.1, -0.05) is 18.7 Å². The molecule has 0 aromatic carbocycles. The minimum Gasteiger partial charge on any atom is -0.481 e. The number of carboxylic acids is 1. The molecular formula is C11H19N5O2S. The van der Waals surface area contributed by atoms with Crippen molar-refractivity contribution in [2.45, 2.75) is 37.5 Å². The van der Waals surface area contributed by atoms with E-state index < -0.39 is 5.97 Å². The number of nitrogens with zero attached hydrogens (tertiary/aromatic N) is 4. The third-order valence-electron chi connectivity index (χ3n) is 3.15. The van der Waals surface area contributed by atoms with Crippen LogP contribution in [0.1, 0.15) is 19.8 Å². The number of nitrogen functional groups attached to an aromatic ring is 1. The van der Waals surface area contributed by atoms with Crippen LogP contribution in [0.15, 0.2) is 5.16 Å². The minimum absolute atomic E-state index is 0.0295. The fraction of sp³-hybridized carbons (Fsp3) is 0.727. The molecular weight excluding hydrogens is 266 g/mol. The Bertz CT molecular complexity index is 446. The van der Waals surface area contributed by atoms with E-state index in [4.69, 9.17) is 10.8 Å².